The fraction of sp³-hybridized carbons (Fsp3) is 0.412. The van der Waals surface area contributed by atoms with Crippen LogP contribution in [-0.2, 0) is 0 Å². The Kier molecular flexibility index (Phi) is 4.84. The summed E-state index contributed by atoms with van der Waals surface area (Å²) in [6.45, 7) is 6.48. The van der Waals surface area contributed by atoms with Crippen molar-refractivity contribution in [1.82, 2.24) is 0 Å². The lowest BCUT2D eigenvalue weighted by Crippen LogP contribution is -2.14. The van der Waals surface area contributed by atoms with Crippen LogP contribution in [0.4, 0.5) is 0 Å². The van der Waals surface area contributed by atoms with Crippen molar-refractivity contribution < 1.29 is 14.9 Å². The van der Waals surface area contributed by atoms with Crippen LogP contribution in [0, 0.1) is 23.7 Å². The lowest BCUT2D eigenvalue weighted by molar-refractivity contribution is 0.143. The van der Waals surface area contributed by atoms with Crippen molar-refractivity contribution in [3.05, 3.63) is 29.3 Å². The molecular formula is C17H20O3. The molecule has 0 unspecified atom stereocenters. The number of hydrogen-bond acceptors (Lipinski definition) is 3. The minimum atomic E-state index is -1.05. The molecule has 0 aliphatic rings. The van der Waals surface area contributed by atoms with E-state index in [2.05, 4.69) is 23.7 Å². The number of ether oxygens (including phenoxy) is 1. The minimum Gasteiger partial charge on any atom is -0.497 e. The van der Waals surface area contributed by atoms with Gasteiger partial charge in [-0.25, -0.2) is 0 Å². The molecule has 0 amide bonds. The zero-order valence-corrected chi connectivity index (χ0v) is 12.5. The molecule has 0 saturated carbocycles. The molecule has 1 rings (SSSR count). The largest absolute Gasteiger partial charge is 0.497 e. The van der Waals surface area contributed by atoms with Crippen molar-refractivity contribution in [2.75, 3.05) is 7.11 Å². The van der Waals surface area contributed by atoms with E-state index in [9.17, 15) is 10.2 Å². The van der Waals surface area contributed by atoms with Crippen LogP contribution in [0.15, 0.2) is 18.2 Å². The molecule has 1 aromatic carbocycles. The van der Waals surface area contributed by atoms with Crippen LogP contribution in [0.5, 0.6) is 5.75 Å². The minimum absolute atomic E-state index is 0.632. The van der Waals surface area contributed by atoms with Crippen molar-refractivity contribution in [2.24, 2.45) is 0 Å². The van der Waals surface area contributed by atoms with Crippen LogP contribution in [0.2, 0.25) is 0 Å². The summed E-state index contributed by atoms with van der Waals surface area (Å²) in [7, 11) is 1.57. The Morgan fingerprint density at radius 2 is 1.25 bits per heavy atom. The second-order valence-corrected chi connectivity index (χ2v) is 5.57. The lowest BCUT2D eigenvalue weighted by Gasteiger charge is -2.07. The van der Waals surface area contributed by atoms with Gasteiger partial charge in [-0.05, 0) is 45.9 Å². The monoisotopic (exact) mass is 272 g/mol. The Hall–Kier alpha value is -1.94. The molecule has 0 spiro atoms. The van der Waals surface area contributed by atoms with Gasteiger partial charge in [0.25, 0.3) is 0 Å². The highest BCUT2D eigenvalue weighted by Gasteiger charge is 2.07. The summed E-state index contributed by atoms with van der Waals surface area (Å²) in [4.78, 5) is 0. The van der Waals surface area contributed by atoms with E-state index in [4.69, 9.17) is 4.74 Å². The van der Waals surface area contributed by atoms with E-state index in [-0.39, 0.29) is 0 Å². The van der Waals surface area contributed by atoms with E-state index in [1.165, 1.54) is 0 Å². The highest BCUT2D eigenvalue weighted by atomic mass is 16.5. The first-order chi connectivity index (χ1) is 9.09. The van der Waals surface area contributed by atoms with Gasteiger partial charge in [-0.3, -0.25) is 0 Å². The van der Waals surface area contributed by atoms with Crippen molar-refractivity contribution in [3.8, 4) is 29.4 Å². The zero-order chi connectivity index (χ0) is 15.4. The standard InChI is InChI=1S/C17H20O3/c1-16(2,18)8-6-13-10-14(7-9-17(3,4)19)12-15(11-13)20-5/h10-12,18-19H,1-5H3. The average Bonchev–Trinajstić information content (AvgIpc) is 2.32. The predicted octanol–water partition coefficient (Wildman–Crippen LogP) is 1.94. The molecule has 0 aliphatic heterocycles. The third-order valence-corrected chi connectivity index (χ3v) is 2.17. The molecule has 3 heteroatoms. The normalized spacial score (nSPS) is 10.9. The average molecular weight is 272 g/mol. The second-order valence-electron chi connectivity index (χ2n) is 5.57. The summed E-state index contributed by atoms with van der Waals surface area (Å²) in [5, 5.41) is 19.2. The Balaban J connectivity index is 3.20. The SMILES string of the molecule is COc1cc(C#CC(C)(C)O)cc(C#CC(C)(C)O)c1. The van der Waals surface area contributed by atoms with E-state index < -0.39 is 11.2 Å². The molecule has 0 bridgehead atoms. The lowest BCUT2D eigenvalue weighted by atomic mass is 10.1. The Labute approximate surface area is 120 Å². The molecule has 1 aromatic rings. The van der Waals surface area contributed by atoms with Crippen LogP contribution in [0.1, 0.15) is 38.8 Å². The third kappa shape index (κ3) is 6.29. The van der Waals surface area contributed by atoms with Crippen LogP contribution in [-0.4, -0.2) is 28.5 Å². The van der Waals surface area contributed by atoms with Gasteiger partial charge in [0.05, 0.1) is 7.11 Å². The van der Waals surface area contributed by atoms with Crippen LogP contribution >= 0.6 is 0 Å². The quantitative estimate of drug-likeness (QED) is 0.768. The number of aliphatic hydroxyl groups is 2. The van der Waals surface area contributed by atoms with E-state index in [0.29, 0.717) is 16.9 Å². The summed E-state index contributed by atoms with van der Waals surface area (Å²) in [5.41, 5.74) is -0.706. The Morgan fingerprint density at radius 1 is 0.850 bits per heavy atom. The first-order valence-corrected chi connectivity index (χ1v) is 6.29. The van der Waals surface area contributed by atoms with Gasteiger partial charge in [0, 0.05) is 11.1 Å². The summed E-state index contributed by atoms with van der Waals surface area (Å²) in [6, 6.07) is 5.34. The molecule has 0 radical (unpaired) electrons. The fourth-order valence-corrected chi connectivity index (χ4v) is 1.31. The van der Waals surface area contributed by atoms with E-state index in [1.807, 2.05) is 0 Å². The van der Waals surface area contributed by atoms with E-state index in [1.54, 1.807) is 53.0 Å². The zero-order valence-electron chi connectivity index (χ0n) is 12.5. The topological polar surface area (TPSA) is 49.7 Å². The highest BCUT2D eigenvalue weighted by Crippen LogP contribution is 2.16. The number of hydrogen-bond donors (Lipinski definition) is 2. The van der Waals surface area contributed by atoms with Gasteiger partial charge >= 0.3 is 0 Å². The second kappa shape index (κ2) is 6.01. The van der Waals surface area contributed by atoms with Gasteiger partial charge in [0.2, 0.25) is 0 Å². The van der Waals surface area contributed by atoms with Crippen molar-refractivity contribution >= 4 is 0 Å². The highest BCUT2D eigenvalue weighted by molar-refractivity contribution is 5.49. The molecule has 106 valence electrons. The third-order valence-electron chi connectivity index (χ3n) is 2.17. The molecule has 0 fully saturated rings. The number of methoxy groups -OCH3 is 1. The Bertz CT molecular complexity index is 543. The summed E-state index contributed by atoms with van der Waals surface area (Å²) in [5.74, 6) is 11.9. The summed E-state index contributed by atoms with van der Waals surface area (Å²) >= 11 is 0. The predicted molar refractivity (Wildman–Crippen MR) is 79.3 cm³/mol. The molecule has 2 N–H and O–H groups in total. The van der Waals surface area contributed by atoms with Crippen molar-refractivity contribution in [3.63, 3.8) is 0 Å². The summed E-state index contributed by atoms with van der Waals surface area (Å²) in [6.07, 6.45) is 0. The molecule has 0 heterocycles. The molecule has 0 aromatic heterocycles. The van der Waals surface area contributed by atoms with Crippen LogP contribution in [0.3, 0.4) is 0 Å². The van der Waals surface area contributed by atoms with E-state index in [0.717, 1.165) is 0 Å². The maximum atomic E-state index is 9.62. The van der Waals surface area contributed by atoms with Gasteiger partial charge in [-0.1, -0.05) is 23.7 Å². The van der Waals surface area contributed by atoms with Crippen LogP contribution < -0.4 is 4.74 Å². The molecule has 20 heavy (non-hydrogen) atoms. The smallest absolute Gasteiger partial charge is 0.121 e. The molecule has 0 atom stereocenters. The fourth-order valence-electron chi connectivity index (χ4n) is 1.31. The van der Waals surface area contributed by atoms with Crippen molar-refractivity contribution in [1.29, 1.82) is 0 Å². The van der Waals surface area contributed by atoms with Gasteiger partial charge in [0.15, 0.2) is 0 Å². The van der Waals surface area contributed by atoms with Gasteiger partial charge in [-0.15, -0.1) is 0 Å². The first kappa shape index (κ1) is 16.1. The van der Waals surface area contributed by atoms with Gasteiger partial charge in [0.1, 0.15) is 17.0 Å². The maximum absolute atomic E-state index is 9.62. The first-order valence-electron chi connectivity index (χ1n) is 6.29. The van der Waals surface area contributed by atoms with Gasteiger partial charge < -0.3 is 14.9 Å². The number of rotatable bonds is 1. The molecule has 3 nitrogen and oxygen atoms in total. The van der Waals surface area contributed by atoms with Gasteiger partial charge in [-0.2, -0.15) is 0 Å². The molecular weight excluding hydrogens is 252 g/mol. The molecule has 0 aliphatic carbocycles. The maximum Gasteiger partial charge on any atom is 0.121 e. The van der Waals surface area contributed by atoms with Crippen LogP contribution in [0.25, 0.3) is 0 Å². The number of benzene rings is 1. The van der Waals surface area contributed by atoms with E-state index >= 15 is 0 Å². The van der Waals surface area contributed by atoms with Crippen molar-refractivity contribution in [2.45, 2.75) is 38.9 Å². The Morgan fingerprint density at radius 3 is 1.55 bits per heavy atom. The molecule has 0 saturated heterocycles. The summed E-state index contributed by atoms with van der Waals surface area (Å²) < 4.78 is 5.20.